The smallest absolute Gasteiger partial charge is 0.386 e. The van der Waals surface area contributed by atoms with E-state index >= 15 is 0 Å². The topological polar surface area (TPSA) is 81.7 Å². The maximum absolute atomic E-state index is 13.4. The van der Waals surface area contributed by atoms with Gasteiger partial charge in [0, 0.05) is 29.3 Å². The lowest BCUT2D eigenvalue weighted by atomic mass is 9.77. The molecule has 4 rings (SSSR count). The summed E-state index contributed by atoms with van der Waals surface area (Å²) in [5.41, 5.74) is 3.30. The van der Waals surface area contributed by atoms with Gasteiger partial charge in [0.25, 0.3) is 0 Å². The molecule has 0 saturated carbocycles. The minimum atomic E-state index is -5.12. The summed E-state index contributed by atoms with van der Waals surface area (Å²) in [6.07, 6.45) is -9.87. The van der Waals surface area contributed by atoms with Crippen molar-refractivity contribution in [2.45, 2.75) is 55.9 Å². The molecule has 1 saturated heterocycles. The Labute approximate surface area is 182 Å². The third-order valence-electron chi connectivity index (χ3n) is 5.90. The number of alkyl halides is 6. The molecule has 3 aliphatic rings. The van der Waals surface area contributed by atoms with E-state index in [1.54, 1.807) is 12.1 Å². The first-order valence-corrected chi connectivity index (χ1v) is 10.5. The molecule has 1 fully saturated rings. The largest absolute Gasteiger partial charge is 0.471 e. The van der Waals surface area contributed by atoms with E-state index in [0.29, 0.717) is 21.9 Å². The number of nitrogens with two attached hydrogens (primary N) is 1. The first-order chi connectivity index (χ1) is 14.7. The summed E-state index contributed by atoms with van der Waals surface area (Å²) < 4.78 is 86.1. The van der Waals surface area contributed by atoms with Gasteiger partial charge in [0.1, 0.15) is 22.3 Å². The monoisotopic (exact) mass is 487 g/mol. The van der Waals surface area contributed by atoms with Crippen LogP contribution in [0.15, 0.2) is 18.0 Å². The summed E-state index contributed by atoms with van der Waals surface area (Å²) in [5.74, 6) is -2.03. The van der Waals surface area contributed by atoms with Crippen LogP contribution in [0, 0.1) is 0 Å². The van der Waals surface area contributed by atoms with Crippen LogP contribution in [0.1, 0.15) is 41.2 Å². The number of carbonyl (C=O) groups excluding carboxylic acids is 1. The van der Waals surface area contributed by atoms with Crippen LogP contribution in [-0.2, 0) is 21.3 Å². The summed E-state index contributed by atoms with van der Waals surface area (Å²) in [4.78, 5) is 12.2. The fourth-order valence-electron chi connectivity index (χ4n) is 4.62. The van der Waals surface area contributed by atoms with E-state index < -0.39 is 46.9 Å². The number of thiophene rings is 1. The Morgan fingerprint density at radius 2 is 2.00 bits per heavy atom. The molecule has 1 aromatic rings. The molecule has 0 bridgehead atoms. The maximum atomic E-state index is 13.4. The normalized spacial score (nSPS) is 30.9. The van der Waals surface area contributed by atoms with Gasteiger partial charge < -0.3 is 14.7 Å². The van der Waals surface area contributed by atoms with Crippen LogP contribution in [0.2, 0.25) is 0 Å². The number of piperidine rings is 1. The lowest BCUT2D eigenvalue weighted by Gasteiger charge is -2.51. The van der Waals surface area contributed by atoms with Gasteiger partial charge in [-0.05, 0) is 13.0 Å². The molecule has 0 aliphatic carbocycles. The Morgan fingerprint density at radius 3 is 2.56 bits per heavy atom. The Bertz CT molecular complexity index is 948. The quantitative estimate of drug-likeness (QED) is 0.416. The molecule has 0 unspecified atom stereocenters. The highest BCUT2D eigenvalue weighted by Crippen LogP contribution is 2.53. The summed E-state index contributed by atoms with van der Waals surface area (Å²) >= 11 is 0.420. The van der Waals surface area contributed by atoms with Crippen LogP contribution in [0.3, 0.4) is 0 Å². The van der Waals surface area contributed by atoms with Gasteiger partial charge in [0.05, 0.1) is 25.9 Å². The number of hydrogen-bond acceptors (Lipinski definition) is 6. The molecule has 4 atom stereocenters. The second kappa shape index (κ2) is 7.50. The Hall–Kier alpha value is -2.03. The SMILES string of the molecule is C[C@H]1C[C@@]2(C[C@@H](C3=CN(C)[NH2+]N3)N1C(=O)C(F)(F)F)OC[C@@H](O)c1cc(C(F)(F)F)sc12. The molecule has 178 valence electrons. The number of ether oxygens (including phenoxy) is 1. The number of nitrogens with one attached hydrogen (secondary N) is 1. The minimum Gasteiger partial charge on any atom is -0.386 e. The van der Waals surface area contributed by atoms with Crippen molar-refractivity contribution in [3.8, 4) is 0 Å². The molecular formula is C18H21F6N4O3S+. The zero-order chi connectivity index (χ0) is 23.6. The van der Waals surface area contributed by atoms with E-state index in [2.05, 4.69) is 5.43 Å². The van der Waals surface area contributed by atoms with Crippen molar-refractivity contribution in [2.24, 2.45) is 0 Å². The van der Waals surface area contributed by atoms with Gasteiger partial charge in [-0.1, -0.05) is 0 Å². The number of likely N-dealkylation sites (tertiary alicyclic amines) is 1. The first kappa shape index (κ1) is 23.1. The van der Waals surface area contributed by atoms with E-state index in [1.807, 2.05) is 0 Å². The standard InChI is InChI=1S/C18H20F6N4O3S/c1-8-4-16(14-9(12(29)7-31-16)3-13(32-14)17(19,20)21)5-11(10-6-27(2)26-25-10)28(8)15(30)18(22,23)24/h3,6,8,11-12,25-26,29H,4-5,7H2,1-2H3/p+1/t8-,11-,12+,16-/m0/s1. The predicted molar refractivity (Wildman–Crippen MR) is 98.2 cm³/mol. The summed E-state index contributed by atoms with van der Waals surface area (Å²) in [6.45, 7) is 1.11. The number of fused-ring (bicyclic) bond motifs is 2. The van der Waals surface area contributed by atoms with Crippen molar-refractivity contribution in [2.75, 3.05) is 13.7 Å². The summed E-state index contributed by atoms with van der Waals surface area (Å²) in [6, 6.07) is -1.26. The number of amides is 1. The van der Waals surface area contributed by atoms with E-state index in [-0.39, 0.29) is 29.9 Å². The number of aliphatic hydroxyl groups excluding tert-OH is 1. The average molecular weight is 487 g/mol. The fraction of sp³-hybridized carbons (Fsp3) is 0.611. The predicted octanol–water partition coefficient (Wildman–Crippen LogP) is 1.74. The lowest BCUT2D eigenvalue weighted by Crippen LogP contribution is -2.96. The lowest BCUT2D eigenvalue weighted by molar-refractivity contribution is -0.818. The summed E-state index contributed by atoms with van der Waals surface area (Å²) in [5, 5.41) is 11.8. The minimum absolute atomic E-state index is 0.0622. The Balaban J connectivity index is 1.80. The van der Waals surface area contributed by atoms with E-state index in [9.17, 15) is 36.2 Å². The second-order valence-electron chi connectivity index (χ2n) is 8.22. The molecule has 4 heterocycles. The van der Waals surface area contributed by atoms with Crippen LogP contribution in [0.4, 0.5) is 26.3 Å². The zero-order valence-electron chi connectivity index (χ0n) is 16.9. The Kier molecular flexibility index (Phi) is 5.42. The zero-order valence-corrected chi connectivity index (χ0v) is 17.7. The second-order valence-corrected chi connectivity index (χ2v) is 9.27. The van der Waals surface area contributed by atoms with Gasteiger partial charge >= 0.3 is 18.3 Å². The fourth-order valence-corrected chi connectivity index (χ4v) is 5.87. The van der Waals surface area contributed by atoms with E-state index in [4.69, 9.17) is 4.74 Å². The highest BCUT2D eigenvalue weighted by atomic mass is 32.1. The number of aliphatic hydroxyl groups is 1. The van der Waals surface area contributed by atoms with Crippen molar-refractivity contribution < 1.29 is 46.5 Å². The van der Waals surface area contributed by atoms with Crippen LogP contribution in [0.5, 0.6) is 0 Å². The average Bonchev–Trinajstić information content (AvgIpc) is 3.31. The molecular weight excluding hydrogens is 466 g/mol. The van der Waals surface area contributed by atoms with Crippen molar-refractivity contribution in [3.63, 3.8) is 0 Å². The van der Waals surface area contributed by atoms with Crippen LogP contribution < -0.4 is 11.0 Å². The van der Waals surface area contributed by atoms with Gasteiger partial charge in [-0.25, -0.2) is 10.4 Å². The van der Waals surface area contributed by atoms with Crippen molar-refractivity contribution in [1.29, 1.82) is 0 Å². The van der Waals surface area contributed by atoms with Gasteiger partial charge in [-0.3, -0.25) is 4.79 Å². The molecule has 1 aromatic heterocycles. The van der Waals surface area contributed by atoms with Crippen LogP contribution in [0.25, 0.3) is 0 Å². The molecule has 0 aromatic carbocycles. The third-order valence-corrected chi connectivity index (χ3v) is 7.28. The van der Waals surface area contributed by atoms with Gasteiger partial charge in [0.2, 0.25) is 0 Å². The molecule has 1 amide bonds. The molecule has 14 heteroatoms. The number of carbonyl (C=O) groups is 1. The Morgan fingerprint density at radius 1 is 1.31 bits per heavy atom. The van der Waals surface area contributed by atoms with E-state index in [0.717, 1.165) is 6.07 Å². The number of quaternary nitrogens is 1. The van der Waals surface area contributed by atoms with Crippen LogP contribution in [-0.4, -0.2) is 52.8 Å². The van der Waals surface area contributed by atoms with Gasteiger partial charge in [-0.2, -0.15) is 26.3 Å². The van der Waals surface area contributed by atoms with Crippen molar-refractivity contribution in [1.82, 2.24) is 15.3 Å². The van der Waals surface area contributed by atoms with E-state index in [1.165, 1.54) is 18.7 Å². The third kappa shape index (κ3) is 3.82. The molecule has 4 N–H and O–H groups in total. The molecule has 0 radical (unpaired) electrons. The molecule has 3 aliphatic heterocycles. The number of nitrogens with zero attached hydrogens (tertiary/aromatic N) is 2. The van der Waals surface area contributed by atoms with Crippen molar-refractivity contribution in [3.05, 3.63) is 33.3 Å². The maximum Gasteiger partial charge on any atom is 0.471 e. The van der Waals surface area contributed by atoms with Gasteiger partial charge in [-0.15, -0.1) is 16.9 Å². The highest BCUT2D eigenvalue weighted by Gasteiger charge is 2.57. The molecule has 32 heavy (non-hydrogen) atoms. The number of halogens is 6. The highest BCUT2D eigenvalue weighted by molar-refractivity contribution is 7.12. The molecule has 7 nitrogen and oxygen atoms in total. The number of hydrogen-bond donors (Lipinski definition) is 3. The molecule has 1 spiro atoms. The van der Waals surface area contributed by atoms with Crippen LogP contribution >= 0.6 is 11.3 Å². The van der Waals surface area contributed by atoms with Crippen molar-refractivity contribution >= 4 is 17.2 Å². The van der Waals surface area contributed by atoms with Gasteiger partial charge in [0.15, 0.2) is 0 Å². The summed E-state index contributed by atoms with van der Waals surface area (Å²) in [7, 11) is 1.64. The first-order valence-electron chi connectivity index (χ1n) is 9.69. The number of rotatable bonds is 1.